The van der Waals surface area contributed by atoms with Crippen molar-refractivity contribution in [1.82, 2.24) is 0 Å². The summed E-state index contributed by atoms with van der Waals surface area (Å²) in [5.41, 5.74) is 2.54. The minimum Gasteiger partial charge on any atom is -0.496 e. The summed E-state index contributed by atoms with van der Waals surface area (Å²) in [6.07, 6.45) is 1.55. The second-order valence-corrected chi connectivity index (χ2v) is 6.98. The smallest absolute Gasteiger partial charge is 0.177 e. The number of methoxy groups -OCH3 is 1. The fourth-order valence-corrected chi connectivity index (χ4v) is 3.88. The zero-order valence-electron chi connectivity index (χ0n) is 15.9. The number of hydrogen-bond donors (Lipinski definition) is 0. The van der Waals surface area contributed by atoms with Gasteiger partial charge in [0, 0.05) is 6.07 Å². The molecule has 0 unspecified atom stereocenters. The molecule has 0 bridgehead atoms. The third-order valence-electron chi connectivity index (χ3n) is 5.16. The first-order valence-electron chi connectivity index (χ1n) is 9.43. The summed E-state index contributed by atoms with van der Waals surface area (Å²) < 4.78 is 22.9. The van der Waals surface area contributed by atoms with Gasteiger partial charge in [0.2, 0.25) is 0 Å². The normalized spacial score (nSPS) is 20.6. The molecule has 0 spiro atoms. The van der Waals surface area contributed by atoms with E-state index in [4.69, 9.17) is 18.9 Å². The van der Waals surface area contributed by atoms with Gasteiger partial charge >= 0.3 is 0 Å². The summed E-state index contributed by atoms with van der Waals surface area (Å²) in [4.78, 5) is 13.4. The van der Waals surface area contributed by atoms with Gasteiger partial charge < -0.3 is 18.9 Å². The summed E-state index contributed by atoms with van der Waals surface area (Å²) >= 11 is 0. The van der Waals surface area contributed by atoms with Crippen LogP contribution in [-0.2, 0) is 6.42 Å². The van der Waals surface area contributed by atoms with E-state index in [1.54, 1.807) is 7.11 Å². The molecule has 0 fully saturated rings. The standard InChI is InChI=1S/C22H24O5/c1-4-5-14-10-16-19(12-18(14)24-3)27-13(2)21(22(16)23)15-6-7-17-20(11-15)26-9-8-25-17/h6-7,10-13,21H,4-5,8-9H2,1-3H3/t13-,21+/m1/s1. The molecular formula is C22H24O5. The Morgan fingerprint density at radius 1 is 1.07 bits per heavy atom. The maximum atomic E-state index is 13.4. The van der Waals surface area contributed by atoms with Crippen molar-refractivity contribution in [3.8, 4) is 23.0 Å². The summed E-state index contributed by atoms with van der Waals surface area (Å²) in [5, 5.41) is 0. The molecule has 2 aliphatic heterocycles. The minimum absolute atomic E-state index is 0.0698. The minimum atomic E-state index is -0.379. The van der Waals surface area contributed by atoms with Crippen molar-refractivity contribution in [3.63, 3.8) is 0 Å². The molecule has 0 N–H and O–H groups in total. The van der Waals surface area contributed by atoms with Crippen molar-refractivity contribution in [2.75, 3.05) is 20.3 Å². The molecule has 0 amide bonds. The number of aryl methyl sites for hydroxylation is 1. The molecule has 2 aromatic rings. The maximum Gasteiger partial charge on any atom is 0.177 e. The number of carbonyl (C=O) groups is 1. The van der Waals surface area contributed by atoms with Crippen molar-refractivity contribution in [2.45, 2.75) is 38.7 Å². The summed E-state index contributed by atoms with van der Waals surface area (Å²) in [6, 6.07) is 9.47. The van der Waals surface area contributed by atoms with Crippen LogP contribution in [0.5, 0.6) is 23.0 Å². The first-order chi connectivity index (χ1) is 13.1. The number of fused-ring (bicyclic) bond motifs is 2. The van der Waals surface area contributed by atoms with E-state index < -0.39 is 0 Å². The summed E-state index contributed by atoms with van der Waals surface area (Å²) in [5.74, 6) is 2.46. The quantitative estimate of drug-likeness (QED) is 0.811. The van der Waals surface area contributed by atoms with E-state index in [1.165, 1.54) is 0 Å². The van der Waals surface area contributed by atoms with Crippen molar-refractivity contribution in [2.24, 2.45) is 0 Å². The molecule has 0 radical (unpaired) electrons. The number of benzene rings is 2. The van der Waals surface area contributed by atoms with E-state index in [-0.39, 0.29) is 17.8 Å². The van der Waals surface area contributed by atoms with Gasteiger partial charge in [-0.3, -0.25) is 4.79 Å². The molecule has 27 heavy (non-hydrogen) atoms. The molecule has 5 heteroatoms. The van der Waals surface area contributed by atoms with Crippen LogP contribution in [0.2, 0.25) is 0 Å². The van der Waals surface area contributed by atoms with E-state index in [0.29, 0.717) is 30.3 Å². The highest BCUT2D eigenvalue weighted by molar-refractivity contribution is 6.05. The van der Waals surface area contributed by atoms with Gasteiger partial charge in [-0.25, -0.2) is 0 Å². The highest BCUT2D eigenvalue weighted by atomic mass is 16.6. The van der Waals surface area contributed by atoms with Crippen LogP contribution in [0.25, 0.3) is 0 Å². The Hall–Kier alpha value is -2.69. The van der Waals surface area contributed by atoms with Crippen molar-refractivity contribution >= 4 is 5.78 Å². The van der Waals surface area contributed by atoms with E-state index >= 15 is 0 Å². The molecule has 4 rings (SSSR count). The zero-order chi connectivity index (χ0) is 19.0. The molecule has 0 aliphatic carbocycles. The largest absolute Gasteiger partial charge is 0.496 e. The van der Waals surface area contributed by atoms with Gasteiger partial charge in [0.05, 0.1) is 18.6 Å². The second kappa shape index (κ2) is 7.14. The van der Waals surface area contributed by atoms with E-state index in [9.17, 15) is 4.79 Å². The Balaban J connectivity index is 1.73. The molecule has 0 aromatic heterocycles. The molecule has 0 saturated heterocycles. The lowest BCUT2D eigenvalue weighted by atomic mass is 9.83. The van der Waals surface area contributed by atoms with Crippen molar-refractivity contribution in [1.29, 1.82) is 0 Å². The number of ketones is 1. The molecular weight excluding hydrogens is 344 g/mol. The van der Waals surface area contributed by atoms with Gasteiger partial charge in [-0.05, 0) is 42.7 Å². The lowest BCUT2D eigenvalue weighted by Crippen LogP contribution is -2.34. The van der Waals surface area contributed by atoms with E-state index in [0.717, 1.165) is 35.5 Å². The fourth-order valence-electron chi connectivity index (χ4n) is 3.88. The monoisotopic (exact) mass is 368 g/mol. The van der Waals surface area contributed by atoms with Crippen LogP contribution < -0.4 is 18.9 Å². The number of hydrogen-bond acceptors (Lipinski definition) is 5. The SMILES string of the molecule is CCCc1cc2c(cc1OC)O[C@H](C)[C@@H](c1ccc3c(c1)OCCO3)C2=O. The molecule has 2 atom stereocenters. The average Bonchev–Trinajstić information content (AvgIpc) is 2.68. The van der Waals surface area contributed by atoms with Crippen LogP contribution in [0, 0.1) is 0 Å². The number of ether oxygens (including phenoxy) is 4. The third-order valence-corrected chi connectivity index (χ3v) is 5.16. The topological polar surface area (TPSA) is 54.0 Å². The summed E-state index contributed by atoms with van der Waals surface area (Å²) in [6.45, 7) is 5.10. The molecule has 142 valence electrons. The molecule has 2 aliphatic rings. The van der Waals surface area contributed by atoms with Gasteiger partial charge in [0.25, 0.3) is 0 Å². The molecule has 2 aromatic carbocycles. The predicted molar refractivity (Wildman–Crippen MR) is 102 cm³/mol. The molecule has 0 saturated carbocycles. The third kappa shape index (κ3) is 3.11. The number of Topliss-reactive ketones (excluding diaryl/α,β-unsaturated/α-hetero) is 1. The van der Waals surface area contributed by atoms with Crippen LogP contribution >= 0.6 is 0 Å². The Kier molecular flexibility index (Phi) is 4.68. The van der Waals surface area contributed by atoms with Crippen molar-refractivity contribution in [3.05, 3.63) is 47.0 Å². The predicted octanol–water partition coefficient (Wildman–Crippen LogP) is 4.17. The Morgan fingerprint density at radius 2 is 1.85 bits per heavy atom. The first-order valence-corrected chi connectivity index (χ1v) is 9.43. The lowest BCUT2D eigenvalue weighted by Gasteiger charge is -2.32. The Morgan fingerprint density at radius 3 is 2.59 bits per heavy atom. The highest BCUT2D eigenvalue weighted by Gasteiger charge is 2.37. The maximum absolute atomic E-state index is 13.4. The van der Waals surface area contributed by atoms with E-state index in [1.807, 2.05) is 37.3 Å². The fraction of sp³-hybridized carbons (Fsp3) is 0.409. The molecule has 5 nitrogen and oxygen atoms in total. The van der Waals surface area contributed by atoms with Crippen LogP contribution in [0.4, 0.5) is 0 Å². The molecule has 2 heterocycles. The van der Waals surface area contributed by atoms with E-state index in [2.05, 4.69) is 6.92 Å². The van der Waals surface area contributed by atoms with Crippen LogP contribution in [0.15, 0.2) is 30.3 Å². The van der Waals surface area contributed by atoms with Crippen LogP contribution in [0.3, 0.4) is 0 Å². The number of carbonyl (C=O) groups excluding carboxylic acids is 1. The second-order valence-electron chi connectivity index (χ2n) is 6.98. The van der Waals surface area contributed by atoms with Crippen LogP contribution in [-0.4, -0.2) is 32.2 Å². The highest BCUT2D eigenvalue weighted by Crippen LogP contribution is 2.42. The van der Waals surface area contributed by atoms with Crippen molar-refractivity contribution < 1.29 is 23.7 Å². The number of rotatable bonds is 4. The Bertz CT molecular complexity index is 873. The van der Waals surface area contributed by atoms with Gasteiger partial charge in [-0.1, -0.05) is 19.4 Å². The zero-order valence-corrected chi connectivity index (χ0v) is 15.9. The van der Waals surface area contributed by atoms with Gasteiger partial charge in [-0.2, -0.15) is 0 Å². The Labute approximate surface area is 159 Å². The average molecular weight is 368 g/mol. The summed E-state index contributed by atoms with van der Waals surface area (Å²) in [7, 11) is 1.65. The lowest BCUT2D eigenvalue weighted by molar-refractivity contribution is 0.0809. The van der Waals surface area contributed by atoms with Gasteiger partial charge in [-0.15, -0.1) is 0 Å². The van der Waals surface area contributed by atoms with Gasteiger partial charge in [0.15, 0.2) is 17.3 Å². The van der Waals surface area contributed by atoms with Gasteiger partial charge in [0.1, 0.15) is 30.8 Å². The first kappa shape index (κ1) is 17.7. The van der Waals surface area contributed by atoms with Crippen LogP contribution in [0.1, 0.15) is 47.7 Å².